The van der Waals surface area contributed by atoms with Crippen LogP contribution in [0.1, 0.15) is 13.8 Å². The third-order valence-electron chi connectivity index (χ3n) is 3.16. The minimum absolute atomic E-state index is 0.0416. The molecule has 15 heavy (non-hydrogen) atoms. The fourth-order valence-corrected chi connectivity index (χ4v) is 2.19. The fourth-order valence-electron chi connectivity index (χ4n) is 2.19. The first-order valence-electron chi connectivity index (χ1n) is 5.58. The summed E-state index contributed by atoms with van der Waals surface area (Å²) in [5.41, 5.74) is 5.59. The van der Waals surface area contributed by atoms with Gasteiger partial charge < -0.3 is 15.4 Å². The van der Waals surface area contributed by atoms with Gasteiger partial charge in [-0.2, -0.15) is 0 Å². The molecular weight excluding hydrogens is 192 g/mol. The van der Waals surface area contributed by atoms with Crippen LogP contribution in [0.4, 0.5) is 0 Å². The van der Waals surface area contributed by atoms with Crippen LogP contribution in [0, 0.1) is 17.8 Å². The average Bonchev–Trinajstić information content (AvgIpc) is 2.58. The van der Waals surface area contributed by atoms with Crippen LogP contribution >= 0.6 is 0 Å². The highest BCUT2D eigenvalue weighted by molar-refractivity contribution is 5.73. The van der Waals surface area contributed by atoms with Gasteiger partial charge in [-0.3, -0.25) is 4.79 Å². The maximum absolute atomic E-state index is 11.5. The number of hydrogen-bond donors (Lipinski definition) is 1. The molecule has 1 saturated heterocycles. The Hall–Kier alpha value is -0.610. The second-order valence-electron chi connectivity index (χ2n) is 4.67. The molecule has 1 heterocycles. The van der Waals surface area contributed by atoms with Crippen molar-refractivity contribution in [3.63, 3.8) is 0 Å². The average molecular weight is 214 g/mol. The van der Waals surface area contributed by atoms with E-state index >= 15 is 0 Å². The maximum atomic E-state index is 11.5. The number of hydrogen-bond acceptors (Lipinski definition) is 4. The molecule has 0 saturated carbocycles. The highest BCUT2D eigenvalue weighted by atomic mass is 16.5. The van der Waals surface area contributed by atoms with E-state index in [1.165, 1.54) is 7.11 Å². The lowest BCUT2D eigenvalue weighted by Crippen LogP contribution is -2.31. The van der Waals surface area contributed by atoms with Gasteiger partial charge in [0.2, 0.25) is 0 Å². The number of carbonyl (C=O) groups excluding carboxylic acids is 1. The number of ether oxygens (including phenoxy) is 1. The number of esters is 1. The Morgan fingerprint density at radius 1 is 1.60 bits per heavy atom. The van der Waals surface area contributed by atoms with Gasteiger partial charge in [0, 0.05) is 19.6 Å². The van der Waals surface area contributed by atoms with Gasteiger partial charge >= 0.3 is 5.97 Å². The summed E-state index contributed by atoms with van der Waals surface area (Å²) >= 11 is 0. The van der Waals surface area contributed by atoms with Crippen molar-refractivity contribution in [2.75, 3.05) is 33.3 Å². The Kier molecular flexibility index (Phi) is 4.54. The number of likely N-dealkylation sites (tertiary alicyclic amines) is 1. The summed E-state index contributed by atoms with van der Waals surface area (Å²) in [7, 11) is 1.46. The molecule has 88 valence electrons. The smallest absolute Gasteiger partial charge is 0.310 e. The van der Waals surface area contributed by atoms with Crippen molar-refractivity contribution in [3.8, 4) is 0 Å². The zero-order valence-electron chi connectivity index (χ0n) is 9.90. The van der Waals surface area contributed by atoms with Gasteiger partial charge in [0.05, 0.1) is 13.0 Å². The molecule has 0 spiro atoms. The van der Waals surface area contributed by atoms with E-state index in [1.807, 2.05) is 0 Å². The Morgan fingerprint density at radius 3 is 2.80 bits per heavy atom. The molecule has 1 rings (SSSR count). The van der Waals surface area contributed by atoms with Crippen LogP contribution in [0.15, 0.2) is 0 Å². The Morgan fingerprint density at radius 2 is 2.27 bits per heavy atom. The van der Waals surface area contributed by atoms with Gasteiger partial charge in [0.1, 0.15) is 0 Å². The van der Waals surface area contributed by atoms with Gasteiger partial charge in [0.25, 0.3) is 0 Å². The molecule has 0 bridgehead atoms. The predicted molar refractivity (Wildman–Crippen MR) is 59.3 cm³/mol. The molecule has 4 heteroatoms. The van der Waals surface area contributed by atoms with Crippen LogP contribution in [0.2, 0.25) is 0 Å². The standard InChI is InChI=1S/C11H22N2O2/c1-8(4-12)5-13-6-9(2)10(7-13)11(14)15-3/h8-10H,4-7,12H2,1-3H3. The van der Waals surface area contributed by atoms with Crippen molar-refractivity contribution in [1.29, 1.82) is 0 Å². The van der Waals surface area contributed by atoms with Crippen LogP contribution in [-0.2, 0) is 9.53 Å². The molecule has 1 fully saturated rings. The molecule has 0 aromatic rings. The number of rotatable bonds is 4. The summed E-state index contributed by atoms with van der Waals surface area (Å²) in [4.78, 5) is 13.8. The largest absolute Gasteiger partial charge is 0.469 e. The third-order valence-corrected chi connectivity index (χ3v) is 3.16. The molecule has 4 nitrogen and oxygen atoms in total. The van der Waals surface area contributed by atoms with Crippen molar-refractivity contribution in [1.82, 2.24) is 4.90 Å². The number of nitrogens with two attached hydrogens (primary N) is 1. The number of nitrogens with zero attached hydrogens (tertiary/aromatic N) is 1. The Bertz CT molecular complexity index is 221. The minimum atomic E-state index is -0.0783. The molecular formula is C11H22N2O2. The van der Waals surface area contributed by atoms with E-state index in [2.05, 4.69) is 18.7 Å². The molecule has 0 radical (unpaired) electrons. The van der Waals surface area contributed by atoms with Gasteiger partial charge in [0.15, 0.2) is 0 Å². The van der Waals surface area contributed by atoms with Gasteiger partial charge in [-0.05, 0) is 18.4 Å². The summed E-state index contributed by atoms with van der Waals surface area (Å²) in [5, 5.41) is 0. The van der Waals surface area contributed by atoms with E-state index in [4.69, 9.17) is 10.5 Å². The zero-order valence-corrected chi connectivity index (χ0v) is 9.90. The second kappa shape index (κ2) is 5.47. The molecule has 0 aromatic heterocycles. The van der Waals surface area contributed by atoms with Gasteiger partial charge in [-0.1, -0.05) is 13.8 Å². The fraction of sp³-hybridized carbons (Fsp3) is 0.909. The summed E-state index contributed by atoms with van der Waals surface area (Å²) in [5.74, 6) is 0.849. The first kappa shape index (κ1) is 12.5. The molecule has 0 aliphatic carbocycles. The summed E-state index contributed by atoms with van der Waals surface area (Å²) in [6, 6.07) is 0. The van der Waals surface area contributed by atoms with E-state index < -0.39 is 0 Å². The zero-order chi connectivity index (χ0) is 11.4. The van der Waals surface area contributed by atoms with Crippen LogP contribution in [0.3, 0.4) is 0 Å². The van der Waals surface area contributed by atoms with E-state index in [9.17, 15) is 4.79 Å². The molecule has 1 aliphatic rings. The number of carbonyl (C=O) groups is 1. The first-order valence-corrected chi connectivity index (χ1v) is 5.58. The van der Waals surface area contributed by atoms with Gasteiger partial charge in [-0.15, -0.1) is 0 Å². The molecule has 2 N–H and O–H groups in total. The normalized spacial score (nSPS) is 29.1. The van der Waals surface area contributed by atoms with Crippen molar-refractivity contribution >= 4 is 5.97 Å². The van der Waals surface area contributed by atoms with Crippen LogP contribution in [-0.4, -0.2) is 44.2 Å². The van der Waals surface area contributed by atoms with Crippen molar-refractivity contribution in [3.05, 3.63) is 0 Å². The van der Waals surface area contributed by atoms with Crippen molar-refractivity contribution < 1.29 is 9.53 Å². The third kappa shape index (κ3) is 3.18. The monoisotopic (exact) mass is 214 g/mol. The van der Waals surface area contributed by atoms with Crippen LogP contribution in [0.25, 0.3) is 0 Å². The highest BCUT2D eigenvalue weighted by Gasteiger charge is 2.35. The van der Waals surface area contributed by atoms with E-state index in [0.29, 0.717) is 18.4 Å². The molecule has 3 atom stereocenters. The quantitative estimate of drug-likeness (QED) is 0.685. The molecule has 0 amide bonds. The summed E-state index contributed by atoms with van der Waals surface area (Å²) in [6.45, 7) is 7.72. The lowest BCUT2D eigenvalue weighted by molar-refractivity contribution is -0.146. The lowest BCUT2D eigenvalue weighted by Gasteiger charge is -2.19. The van der Waals surface area contributed by atoms with E-state index in [0.717, 1.165) is 19.6 Å². The Labute approximate surface area is 91.8 Å². The molecule has 3 unspecified atom stereocenters. The topological polar surface area (TPSA) is 55.6 Å². The summed E-state index contributed by atoms with van der Waals surface area (Å²) < 4.78 is 4.79. The van der Waals surface area contributed by atoms with Crippen molar-refractivity contribution in [2.45, 2.75) is 13.8 Å². The molecule has 0 aromatic carbocycles. The second-order valence-corrected chi connectivity index (χ2v) is 4.67. The van der Waals surface area contributed by atoms with Crippen LogP contribution < -0.4 is 5.73 Å². The highest BCUT2D eigenvalue weighted by Crippen LogP contribution is 2.24. The Balaban J connectivity index is 2.45. The van der Waals surface area contributed by atoms with Crippen molar-refractivity contribution in [2.24, 2.45) is 23.5 Å². The first-order chi connectivity index (χ1) is 7.08. The predicted octanol–water partition coefficient (Wildman–Crippen LogP) is 0.322. The van der Waals surface area contributed by atoms with Crippen LogP contribution in [0.5, 0.6) is 0 Å². The lowest BCUT2D eigenvalue weighted by atomic mass is 9.99. The maximum Gasteiger partial charge on any atom is 0.310 e. The SMILES string of the molecule is COC(=O)C1CN(CC(C)CN)CC1C. The van der Waals surface area contributed by atoms with E-state index in [-0.39, 0.29) is 11.9 Å². The number of methoxy groups -OCH3 is 1. The molecule has 1 aliphatic heterocycles. The van der Waals surface area contributed by atoms with Gasteiger partial charge in [-0.25, -0.2) is 0 Å². The van der Waals surface area contributed by atoms with E-state index in [1.54, 1.807) is 0 Å². The minimum Gasteiger partial charge on any atom is -0.469 e. The summed E-state index contributed by atoms with van der Waals surface area (Å²) in [6.07, 6.45) is 0.